The van der Waals surface area contributed by atoms with Gasteiger partial charge in [0, 0.05) is 37.2 Å². The highest BCUT2D eigenvalue weighted by atomic mass is 16.6. The van der Waals surface area contributed by atoms with E-state index in [1.807, 2.05) is 42.5 Å². The third-order valence-electron chi connectivity index (χ3n) is 4.06. The van der Waals surface area contributed by atoms with Gasteiger partial charge in [-0.2, -0.15) is 0 Å². The van der Waals surface area contributed by atoms with Gasteiger partial charge >= 0.3 is 0 Å². The molecule has 24 heavy (non-hydrogen) atoms. The molecule has 1 N–H and O–H groups in total. The summed E-state index contributed by atoms with van der Waals surface area (Å²) >= 11 is 0. The van der Waals surface area contributed by atoms with Crippen molar-refractivity contribution < 1.29 is 14.4 Å². The number of nitrogens with one attached hydrogen (secondary N) is 1. The molecule has 3 rings (SSSR count). The minimum atomic E-state index is -0.272. The summed E-state index contributed by atoms with van der Waals surface area (Å²) in [4.78, 5) is 30.8. The van der Waals surface area contributed by atoms with E-state index in [1.165, 1.54) is 0 Å². The van der Waals surface area contributed by atoms with Crippen molar-refractivity contribution in [2.45, 2.75) is 19.4 Å². The zero-order chi connectivity index (χ0) is 16.8. The minimum absolute atomic E-state index is 0.272. The number of anilines is 1. The van der Waals surface area contributed by atoms with E-state index in [-0.39, 0.29) is 5.91 Å². The molecule has 0 unspecified atom stereocenters. The van der Waals surface area contributed by atoms with Crippen LogP contribution in [-0.2, 0) is 16.2 Å². The quantitative estimate of drug-likeness (QED) is 0.859. The van der Waals surface area contributed by atoms with Crippen molar-refractivity contribution in [1.82, 2.24) is 5.48 Å². The number of amides is 1. The molecule has 2 aromatic rings. The Morgan fingerprint density at radius 2 is 1.67 bits per heavy atom. The van der Waals surface area contributed by atoms with Crippen molar-refractivity contribution in [2.24, 2.45) is 0 Å². The number of nitrogens with zero attached hydrogens (tertiary/aromatic N) is 1. The van der Waals surface area contributed by atoms with E-state index >= 15 is 0 Å². The SMILES string of the molecule is O=C1CCN(c2ccc(C(=O)NOCc3ccccc3)cc2)CC1. The molecule has 1 saturated heterocycles. The second kappa shape index (κ2) is 7.75. The number of ketones is 1. The summed E-state index contributed by atoms with van der Waals surface area (Å²) in [6.07, 6.45) is 1.19. The van der Waals surface area contributed by atoms with Crippen LogP contribution in [-0.4, -0.2) is 24.8 Å². The lowest BCUT2D eigenvalue weighted by molar-refractivity contribution is -0.119. The van der Waals surface area contributed by atoms with E-state index < -0.39 is 0 Å². The van der Waals surface area contributed by atoms with Crippen LogP contribution in [0.1, 0.15) is 28.8 Å². The zero-order valence-electron chi connectivity index (χ0n) is 13.4. The second-order valence-electron chi connectivity index (χ2n) is 5.78. The van der Waals surface area contributed by atoms with Gasteiger partial charge in [0.2, 0.25) is 0 Å². The number of rotatable bonds is 5. The molecule has 0 bridgehead atoms. The Hall–Kier alpha value is -2.66. The standard InChI is InChI=1S/C19H20N2O3/c22-18-10-12-21(13-11-18)17-8-6-16(7-9-17)19(23)20-24-14-15-4-2-1-3-5-15/h1-9H,10-14H2,(H,20,23). The van der Waals surface area contributed by atoms with Gasteiger partial charge in [0.25, 0.3) is 5.91 Å². The molecular weight excluding hydrogens is 304 g/mol. The van der Waals surface area contributed by atoms with Gasteiger partial charge in [-0.15, -0.1) is 0 Å². The molecule has 0 atom stereocenters. The maximum absolute atomic E-state index is 12.1. The molecule has 0 aliphatic carbocycles. The first-order valence-corrected chi connectivity index (χ1v) is 8.05. The van der Waals surface area contributed by atoms with E-state index in [4.69, 9.17) is 4.84 Å². The van der Waals surface area contributed by atoms with Crippen molar-refractivity contribution in [1.29, 1.82) is 0 Å². The lowest BCUT2D eigenvalue weighted by Gasteiger charge is -2.28. The number of piperidine rings is 1. The molecule has 1 heterocycles. The zero-order valence-corrected chi connectivity index (χ0v) is 13.4. The highest BCUT2D eigenvalue weighted by Crippen LogP contribution is 2.19. The summed E-state index contributed by atoms with van der Waals surface area (Å²) in [6.45, 7) is 1.81. The molecular formula is C19H20N2O3. The summed E-state index contributed by atoms with van der Waals surface area (Å²) in [5.74, 6) is 0.0455. The van der Waals surface area contributed by atoms with Gasteiger partial charge in [0.15, 0.2) is 0 Å². The number of carbonyl (C=O) groups is 2. The third-order valence-corrected chi connectivity index (χ3v) is 4.06. The third kappa shape index (κ3) is 4.20. The van der Waals surface area contributed by atoms with Gasteiger partial charge in [0.05, 0.1) is 6.61 Å². The molecule has 5 heteroatoms. The molecule has 0 aromatic heterocycles. The largest absolute Gasteiger partial charge is 0.371 e. The number of benzene rings is 2. The van der Waals surface area contributed by atoms with E-state index in [1.54, 1.807) is 12.1 Å². The molecule has 1 aliphatic heterocycles. The highest BCUT2D eigenvalue weighted by molar-refractivity contribution is 5.93. The fourth-order valence-electron chi connectivity index (χ4n) is 2.66. The Morgan fingerprint density at radius 1 is 1.00 bits per heavy atom. The Morgan fingerprint density at radius 3 is 2.33 bits per heavy atom. The average Bonchev–Trinajstić information content (AvgIpc) is 2.63. The van der Waals surface area contributed by atoms with Crippen LogP contribution in [0, 0.1) is 0 Å². The van der Waals surface area contributed by atoms with Crippen LogP contribution in [0.3, 0.4) is 0 Å². The fraction of sp³-hybridized carbons (Fsp3) is 0.263. The van der Waals surface area contributed by atoms with Crippen LogP contribution >= 0.6 is 0 Å². The van der Waals surface area contributed by atoms with Crippen molar-refractivity contribution in [3.05, 3.63) is 65.7 Å². The number of hydroxylamine groups is 1. The van der Waals surface area contributed by atoms with Crippen LogP contribution in [0.15, 0.2) is 54.6 Å². The maximum atomic E-state index is 12.1. The summed E-state index contributed by atoms with van der Waals surface area (Å²) in [5, 5.41) is 0. The fourth-order valence-corrected chi connectivity index (χ4v) is 2.66. The van der Waals surface area contributed by atoms with Gasteiger partial charge in [-0.1, -0.05) is 30.3 Å². The topological polar surface area (TPSA) is 58.6 Å². The van der Waals surface area contributed by atoms with Crippen LogP contribution in [0.4, 0.5) is 5.69 Å². The van der Waals surface area contributed by atoms with E-state index in [0.29, 0.717) is 30.8 Å². The van der Waals surface area contributed by atoms with Gasteiger partial charge in [-0.25, -0.2) is 5.48 Å². The number of carbonyl (C=O) groups excluding carboxylic acids is 2. The molecule has 5 nitrogen and oxygen atoms in total. The monoisotopic (exact) mass is 324 g/mol. The molecule has 0 spiro atoms. The smallest absolute Gasteiger partial charge is 0.274 e. The van der Waals surface area contributed by atoms with E-state index in [9.17, 15) is 9.59 Å². The predicted octanol–water partition coefficient (Wildman–Crippen LogP) is 2.72. The summed E-state index contributed by atoms with van der Waals surface area (Å²) in [5.41, 5.74) is 5.02. The van der Waals surface area contributed by atoms with Crippen molar-refractivity contribution in [2.75, 3.05) is 18.0 Å². The van der Waals surface area contributed by atoms with Crippen LogP contribution in [0.2, 0.25) is 0 Å². The molecule has 0 saturated carbocycles. The van der Waals surface area contributed by atoms with Gasteiger partial charge in [-0.3, -0.25) is 14.4 Å². The first-order valence-electron chi connectivity index (χ1n) is 8.05. The molecule has 124 valence electrons. The summed E-state index contributed by atoms with van der Waals surface area (Å²) in [7, 11) is 0. The summed E-state index contributed by atoms with van der Waals surface area (Å²) in [6, 6.07) is 17.0. The first-order chi connectivity index (χ1) is 11.7. The van der Waals surface area contributed by atoms with Crippen LogP contribution in [0.25, 0.3) is 0 Å². The first kappa shape index (κ1) is 16.2. The molecule has 2 aromatic carbocycles. The second-order valence-corrected chi connectivity index (χ2v) is 5.78. The number of hydrogen-bond donors (Lipinski definition) is 1. The Balaban J connectivity index is 1.51. The normalized spacial score (nSPS) is 14.5. The lowest BCUT2D eigenvalue weighted by atomic mass is 10.1. The Kier molecular flexibility index (Phi) is 5.23. The van der Waals surface area contributed by atoms with Crippen molar-refractivity contribution in [3.63, 3.8) is 0 Å². The van der Waals surface area contributed by atoms with Gasteiger partial charge in [0.1, 0.15) is 5.78 Å². The number of hydrogen-bond acceptors (Lipinski definition) is 4. The molecule has 1 fully saturated rings. The summed E-state index contributed by atoms with van der Waals surface area (Å²) < 4.78 is 0. The average molecular weight is 324 g/mol. The number of Topliss-reactive ketones (excluding diaryl/α,β-unsaturated/α-hetero) is 1. The molecule has 0 radical (unpaired) electrons. The Labute approximate surface area is 141 Å². The minimum Gasteiger partial charge on any atom is -0.371 e. The predicted molar refractivity (Wildman–Crippen MR) is 91.6 cm³/mol. The van der Waals surface area contributed by atoms with Crippen molar-refractivity contribution in [3.8, 4) is 0 Å². The molecule has 1 aliphatic rings. The van der Waals surface area contributed by atoms with Gasteiger partial charge in [-0.05, 0) is 29.8 Å². The molecule has 1 amide bonds. The highest BCUT2D eigenvalue weighted by Gasteiger charge is 2.16. The van der Waals surface area contributed by atoms with E-state index in [0.717, 1.165) is 24.3 Å². The van der Waals surface area contributed by atoms with Crippen LogP contribution in [0.5, 0.6) is 0 Å². The Bertz CT molecular complexity index is 688. The lowest BCUT2D eigenvalue weighted by Crippen LogP contribution is -2.33. The van der Waals surface area contributed by atoms with Gasteiger partial charge < -0.3 is 4.90 Å². The van der Waals surface area contributed by atoms with E-state index in [2.05, 4.69) is 10.4 Å². The van der Waals surface area contributed by atoms with Crippen molar-refractivity contribution >= 4 is 17.4 Å². The van der Waals surface area contributed by atoms with Crippen LogP contribution < -0.4 is 10.4 Å². The maximum Gasteiger partial charge on any atom is 0.274 e.